The van der Waals surface area contributed by atoms with Crippen molar-refractivity contribution in [1.82, 2.24) is 5.32 Å². The molecule has 1 N–H and O–H groups in total. The highest BCUT2D eigenvalue weighted by atomic mass is 14.9. The molecule has 0 aliphatic rings. The summed E-state index contributed by atoms with van der Waals surface area (Å²) in [7, 11) is 2.06. The highest BCUT2D eigenvalue weighted by molar-refractivity contribution is 5.27. The topological polar surface area (TPSA) is 12.0 Å². The number of rotatable bonds is 6. The van der Waals surface area contributed by atoms with Crippen LogP contribution in [0.2, 0.25) is 0 Å². The lowest BCUT2D eigenvalue weighted by molar-refractivity contribution is 0.549. The van der Waals surface area contributed by atoms with Crippen molar-refractivity contribution in [2.45, 2.75) is 39.2 Å². The molecule has 1 heteroatoms. The lowest BCUT2D eigenvalue weighted by Gasteiger charge is -2.17. The molecule has 0 spiro atoms. The maximum Gasteiger partial charge on any atom is 0.0320 e. The Bertz CT molecular complexity index is 545. The Morgan fingerprint density at radius 3 is 2.45 bits per heavy atom. The van der Waals surface area contributed by atoms with Crippen LogP contribution in [-0.4, -0.2) is 7.05 Å². The number of hydrogen-bond acceptors (Lipinski definition) is 1. The van der Waals surface area contributed by atoms with E-state index in [1.54, 1.807) is 0 Å². The Morgan fingerprint density at radius 2 is 1.75 bits per heavy atom. The first kappa shape index (κ1) is 14.8. The van der Waals surface area contributed by atoms with Crippen LogP contribution in [0.4, 0.5) is 0 Å². The van der Waals surface area contributed by atoms with Crippen LogP contribution < -0.4 is 5.32 Å². The summed E-state index contributed by atoms with van der Waals surface area (Å²) in [6.07, 6.45) is 3.35. The van der Waals surface area contributed by atoms with Gasteiger partial charge in [0.05, 0.1) is 0 Å². The van der Waals surface area contributed by atoms with Gasteiger partial charge in [-0.1, -0.05) is 61.0 Å². The summed E-state index contributed by atoms with van der Waals surface area (Å²) in [6, 6.07) is 18.2. The second-order valence-corrected chi connectivity index (χ2v) is 5.47. The SMILES string of the molecule is CCc1cccc(C(CCc2cccc(C)c2)NC)c1. The molecule has 0 saturated heterocycles. The van der Waals surface area contributed by atoms with E-state index in [2.05, 4.69) is 74.7 Å². The minimum atomic E-state index is 0.432. The van der Waals surface area contributed by atoms with Crippen LogP contribution in [-0.2, 0) is 12.8 Å². The highest BCUT2D eigenvalue weighted by Crippen LogP contribution is 2.20. The third-order valence-electron chi connectivity index (χ3n) is 3.91. The van der Waals surface area contributed by atoms with Crippen LogP contribution >= 0.6 is 0 Å². The Labute approximate surface area is 123 Å². The second-order valence-electron chi connectivity index (χ2n) is 5.47. The van der Waals surface area contributed by atoms with Crippen molar-refractivity contribution in [3.63, 3.8) is 0 Å². The van der Waals surface area contributed by atoms with Gasteiger partial charge in [-0.25, -0.2) is 0 Å². The second kappa shape index (κ2) is 7.25. The first-order valence-electron chi connectivity index (χ1n) is 7.54. The van der Waals surface area contributed by atoms with Gasteiger partial charge in [-0.15, -0.1) is 0 Å². The Kier molecular flexibility index (Phi) is 5.37. The largest absolute Gasteiger partial charge is 0.313 e. The predicted octanol–water partition coefficient (Wildman–Crippen LogP) is 4.45. The van der Waals surface area contributed by atoms with Crippen molar-refractivity contribution in [2.75, 3.05) is 7.05 Å². The molecule has 1 nitrogen and oxygen atoms in total. The maximum absolute atomic E-state index is 3.45. The summed E-state index contributed by atoms with van der Waals surface area (Å²) < 4.78 is 0. The molecule has 106 valence electrons. The van der Waals surface area contributed by atoms with Gasteiger partial charge < -0.3 is 5.32 Å². The van der Waals surface area contributed by atoms with Gasteiger partial charge in [0, 0.05) is 6.04 Å². The molecule has 0 bridgehead atoms. The fourth-order valence-corrected chi connectivity index (χ4v) is 2.69. The number of nitrogens with one attached hydrogen (secondary N) is 1. The van der Waals surface area contributed by atoms with Crippen LogP contribution in [0.5, 0.6) is 0 Å². The molecule has 2 rings (SSSR count). The molecule has 0 amide bonds. The van der Waals surface area contributed by atoms with Gasteiger partial charge in [0.15, 0.2) is 0 Å². The zero-order valence-corrected chi connectivity index (χ0v) is 12.8. The fraction of sp³-hybridized carbons (Fsp3) is 0.368. The van der Waals surface area contributed by atoms with Gasteiger partial charge >= 0.3 is 0 Å². The van der Waals surface area contributed by atoms with Crippen molar-refractivity contribution in [2.24, 2.45) is 0 Å². The number of hydrogen-bond donors (Lipinski definition) is 1. The Morgan fingerprint density at radius 1 is 1.00 bits per heavy atom. The average molecular weight is 267 g/mol. The van der Waals surface area contributed by atoms with Gasteiger partial charge in [0.1, 0.15) is 0 Å². The molecule has 0 aromatic heterocycles. The molecule has 0 aliphatic heterocycles. The molecule has 0 fully saturated rings. The zero-order chi connectivity index (χ0) is 14.4. The quantitative estimate of drug-likeness (QED) is 0.815. The van der Waals surface area contributed by atoms with Gasteiger partial charge in [-0.3, -0.25) is 0 Å². The zero-order valence-electron chi connectivity index (χ0n) is 12.8. The first-order valence-corrected chi connectivity index (χ1v) is 7.54. The molecule has 20 heavy (non-hydrogen) atoms. The summed E-state index contributed by atoms with van der Waals surface area (Å²) in [6.45, 7) is 4.37. The molecule has 2 aromatic rings. The van der Waals surface area contributed by atoms with Crippen molar-refractivity contribution >= 4 is 0 Å². The third-order valence-corrected chi connectivity index (χ3v) is 3.91. The van der Waals surface area contributed by atoms with Crippen molar-refractivity contribution in [1.29, 1.82) is 0 Å². The van der Waals surface area contributed by atoms with Crippen LogP contribution in [0.1, 0.15) is 41.6 Å². The summed E-state index contributed by atoms with van der Waals surface area (Å²) in [5, 5.41) is 3.45. The van der Waals surface area contributed by atoms with Crippen LogP contribution in [0, 0.1) is 6.92 Å². The van der Waals surface area contributed by atoms with Gasteiger partial charge in [0.2, 0.25) is 0 Å². The molecular weight excluding hydrogens is 242 g/mol. The smallest absolute Gasteiger partial charge is 0.0320 e. The van der Waals surface area contributed by atoms with Crippen LogP contribution in [0.3, 0.4) is 0 Å². The predicted molar refractivity (Wildman–Crippen MR) is 87.1 cm³/mol. The van der Waals surface area contributed by atoms with Crippen molar-refractivity contribution in [3.8, 4) is 0 Å². The minimum absolute atomic E-state index is 0.432. The van der Waals surface area contributed by atoms with E-state index < -0.39 is 0 Å². The Balaban J connectivity index is 2.05. The highest BCUT2D eigenvalue weighted by Gasteiger charge is 2.09. The van der Waals surface area contributed by atoms with E-state index in [1.807, 2.05) is 0 Å². The summed E-state index contributed by atoms with van der Waals surface area (Å²) >= 11 is 0. The van der Waals surface area contributed by atoms with E-state index in [-0.39, 0.29) is 0 Å². The lowest BCUT2D eigenvalue weighted by Crippen LogP contribution is -2.17. The van der Waals surface area contributed by atoms with E-state index in [4.69, 9.17) is 0 Å². The average Bonchev–Trinajstić information content (AvgIpc) is 2.48. The molecule has 0 aliphatic carbocycles. The van der Waals surface area contributed by atoms with Crippen molar-refractivity contribution in [3.05, 3.63) is 70.8 Å². The van der Waals surface area contributed by atoms with E-state index in [1.165, 1.54) is 22.3 Å². The molecular formula is C19H25N. The molecule has 0 saturated carbocycles. The van der Waals surface area contributed by atoms with E-state index in [0.717, 1.165) is 19.3 Å². The summed E-state index contributed by atoms with van der Waals surface area (Å²) in [5.74, 6) is 0. The van der Waals surface area contributed by atoms with E-state index in [0.29, 0.717) is 6.04 Å². The normalized spacial score (nSPS) is 12.3. The number of aryl methyl sites for hydroxylation is 3. The van der Waals surface area contributed by atoms with Crippen molar-refractivity contribution < 1.29 is 0 Å². The minimum Gasteiger partial charge on any atom is -0.313 e. The fourth-order valence-electron chi connectivity index (χ4n) is 2.69. The molecule has 1 unspecified atom stereocenters. The molecule has 1 atom stereocenters. The van der Waals surface area contributed by atoms with Crippen LogP contribution in [0.15, 0.2) is 48.5 Å². The van der Waals surface area contributed by atoms with E-state index >= 15 is 0 Å². The number of benzene rings is 2. The molecule has 0 heterocycles. The van der Waals surface area contributed by atoms with Gasteiger partial charge in [-0.2, -0.15) is 0 Å². The molecule has 0 radical (unpaired) electrons. The Hall–Kier alpha value is -1.60. The summed E-state index contributed by atoms with van der Waals surface area (Å²) in [4.78, 5) is 0. The first-order chi connectivity index (χ1) is 9.72. The lowest BCUT2D eigenvalue weighted by atomic mass is 9.96. The monoisotopic (exact) mass is 267 g/mol. The van der Waals surface area contributed by atoms with Crippen LogP contribution in [0.25, 0.3) is 0 Å². The third kappa shape index (κ3) is 3.94. The maximum atomic E-state index is 3.45. The van der Waals surface area contributed by atoms with E-state index in [9.17, 15) is 0 Å². The molecule has 2 aromatic carbocycles. The standard InChI is InChI=1S/C19H25N/c1-4-16-8-6-10-18(14-16)19(20-3)12-11-17-9-5-7-15(2)13-17/h5-10,13-14,19-20H,4,11-12H2,1-3H3. The summed E-state index contributed by atoms with van der Waals surface area (Å²) in [5.41, 5.74) is 5.59. The van der Waals surface area contributed by atoms with Gasteiger partial charge in [-0.05, 0) is 49.9 Å². The van der Waals surface area contributed by atoms with Gasteiger partial charge in [0.25, 0.3) is 0 Å².